The van der Waals surface area contributed by atoms with E-state index >= 15 is 0 Å². The fraction of sp³-hybridized carbons (Fsp3) is 0.250. The van der Waals surface area contributed by atoms with Crippen molar-refractivity contribution in [1.82, 2.24) is 9.55 Å². The number of aryl methyl sites for hydroxylation is 3. The maximum atomic E-state index is 13.2. The van der Waals surface area contributed by atoms with Crippen LogP contribution in [0.1, 0.15) is 11.3 Å². The monoisotopic (exact) mass is 219 g/mol. The summed E-state index contributed by atoms with van der Waals surface area (Å²) >= 11 is 0. The Labute approximate surface area is 93.9 Å². The number of imidazole rings is 1. The van der Waals surface area contributed by atoms with Gasteiger partial charge >= 0.3 is 0 Å². The molecule has 0 aliphatic carbocycles. The topological polar surface area (TPSA) is 29.9 Å². The molecule has 0 aliphatic heterocycles. The van der Waals surface area contributed by atoms with Crippen LogP contribution in [-0.4, -0.2) is 9.55 Å². The molecular formula is C12H14FN3. The number of benzene rings is 1. The van der Waals surface area contributed by atoms with E-state index in [9.17, 15) is 4.39 Å². The van der Waals surface area contributed by atoms with Crippen molar-refractivity contribution >= 4 is 11.6 Å². The van der Waals surface area contributed by atoms with Gasteiger partial charge in [-0.3, -0.25) is 0 Å². The Morgan fingerprint density at radius 1 is 1.25 bits per heavy atom. The van der Waals surface area contributed by atoms with Gasteiger partial charge in [0.05, 0.1) is 5.69 Å². The molecule has 0 atom stereocenters. The lowest BCUT2D eigenvalue weighted by molar-refractivity contribution is 0.627. The van der Waals surface area contributed by atoms with Gasteiger partial charge in [-0.05, 0) is 37.6 Å². The van der Waals surface area contributed by atoms with Gasteiger partial charge in [-0.1, -0.05) is 0 Å². The molecule has 2 rings (SSSR count). The molecule has 0 aliphatic rings. The SMILES string of the molecule is Cc1cc(F)cc(Nc2nc(C)cn2C)c1. The van der Waals surface area contributed by atoms with Gasteiger partial charge in [-0.15, -0.1) is 0 Å². The van der Waals surface area contributed by atoms with Gasteiger partial charge in [-0.25, -0.2) is 9.37 Å². The Bertz CT molecular complexity index is 497. The highest BCUT2D eigenvalue weighted by Gasteiger charge is 2.03. The summed E-state index contributed by atoms with van der Waals surface area (Å²) in [6.07, 6.45) is 1.91. The minimum atomic E-state index is -0.242. The highest BCUT2D eigenvalue weighted by Crippen LogP contribution is 2.18. The maximum absolute atomic E-state index is 13.2. The molecule has 2 aromatic rings. The van der Waals surface area contributed by atoms with Gasteiger partial charge in [0.25, 0.3) is 0 Å². The lowest BCUT2D eigenvalue weighted by atomic mass is 10.2. The van der Waals surface area contributed by atoms with Crippen molar-refractivity contribution in [3.8, 4) is 0 Å². The maximum Gasteiger partial charge on any atom is 0.207 e. The molecule has 0 saturated heterocycles. The van der Waals surface area contributed by atoms with Gasteiger partial charge in [-0.2, -0.15) is 0 Å². The Hall–Kier alpha value is -1.84. The summed E-state index contributed by atoms with van der Waals surface area (Å²) in [6, 6.07) is 4.83. The van der Waals surface area contributed by atoms with E-state index in [2.05, 4.69) is 10.3 Å². The van der Waals surface area contributed by atoms with E-state index in [0.717, 1.165) is 11.3 Å². The summed E-state index contributed by atoms with van der Waals surface area (Å²) in [5.74, 6) is 0.468. The summed E-state index contributed by atoms with van der Waals surface area (Å²) < 4.78 is 15.0. The van der Waals surface area contributed by atoms with Crippen LogP contribution in [0.15, 0.2) is 24.4 Å². The van der Waals surface area contributed by atoms with Crippen molar-refractivity contribution in [1.29, 1.82) is 0 Å². The van der Waals surface area contributed by atoms with Crippen LogP contribution in [-0.2, 0) is 7.05 Å². The lowest BCUT2D eigenvalue weighted by Crippen LogP contribution is -1.99. The largest absolute Gasteiger partial charge is 0.326 e. The van der Waals surface area contributed by atoms with Gasteiger partial charge in [0, 0.05) is 18.9 Å². The van der Waals surface area contributed by atoms with E-state index in [4.69, 9.17) is 0 Å². The highest BCUT2D eigenvalue weighted by atomic mass is 19.1. The number of hydrogen-bond acceptors (Lipinski definition) is 2. The molecule has 4 heteroatoms. The van der Waals surface area contributed by atoms with Crippen LogP contribution in [0.5, 0.6) is 0 Å². The van der Waals surface area contributed by atoms with Crippen molar-refractivity contribution in [2.24, 2.45) is 7.05 Å². The second kappa shape index (κ2) is 3.96. The minimum Gasteiger partial charge on any atom is -0.326 e. The zero-order chi connectivity index (χ0) is 11.7. The van der Waals surface area contributed by atoms with Crippen LogP contribution in [0, 0.1) is 19.7 Å². The van der Waals surface area contributed by atoms with E-state index in [0.29, 0.717) is 11.6 Å². The molecule has 1 heterocycles. The van der Waals surface area contributed by atoms with E-state index < -0.39 is 0 Å². The second-order valence-corrected chi connectivity index (χ2v) is 3.96. The molecule has 0 fully saturated rings. The first-order valence-corrected chi connectivity index (χ1v) is 5.09. The molecule has 1 aromatic heterocycles. The molecule has 0 saturated carbocycles. The summed E-state index contributed by atoms with van der Waals surface area (Å²) in [4.78, 5) is 4.29. The average Bonchev–Trinajstić information content (AvgIpc) is 2.43. The third-order valence-corrected chi connectivity index (χ3v) is 2.30. The summed E-state index contributed by atoms with van der Waals surface area (Å²) in [7, 11) is 1.90. The predicted octanol–water partition coefficient (Wildman–Crippen LogP) is 2.92. The second-order valence-electron chi connectivity index (χ2n) is 3.96. The standard InChI is InChI=1S/C12H14FN3/c1-8-4-10(13)6-11(5-8)15-12-14-9(2)7-16(12)3/h4-7H,1-3H3,(H,14,15). The number of hydrogen-bond donors (Lipinski definition) is 1. The Balaban J connectivity index is 2.30. The first kappa shape index (κ1) is 10.7. The molecule has 0 amide bonds. The van der Waals surface area contributed by atoms with Gasteiger partial charge in [0.2, 0.25) is 5.95 Å². The van der Waals surface area contributed by atoms with Crippen molar-refractivity contribution in [2.45, 2.75) is 13.8 Å². The van der Waals surface area contributed by atoms with Crippen molar-refractivity contribution in [3.63, 3.8) is 0 Å². The fourth-order valence-corrected chi connectivity index (χ4v) is 1.67. The van der Waals surface area contributed by atoms with Crippen LogP contribution in [0.3, 0.4) is 0 Å². The Morgan fingerprint density at radius 2 is 2.00 bits per heavy atom. The smallest absolute Gasteiger partial charge is 0.207 e. The number of anilines is 2. The van der Waals surface area contributed by atoms with Crippen molar-refractivity contribution in [3.05, 3.63) is 41.5 Å². The molecular weight excluding hydrogens is 205 g/mol. The highest BCUT2D eigenvalue weighted by molar-refractivity contribution is 5.55. The van der Waals surface area contributed by atoms with E-state index in [-0.39, 0.29) is 5.82 Å². The molecule has 1 aromatic carbocycles. The predicted molar refractivity (Wildman–Crippen MR) is 62.4 cm³/mol. The number of nitrogens with zero attached hydrogens (tertiary/aromatic N) is 2. The van der Waals surface area contributed by atoms with Gasteiger partial charge in [0.15, 0.2) is 0 Å². The van der Waals surface area contributed by atoms with E-state index in [1.165, 1.54) is 12.1 Å². The molecule has 84 valence electrons. The molecule has 0 radical (unpaired) electrons. The fourth-order valence-electron chi connectivity index (χ4n) is 1.67. The number of nitrogens with one attached hydrogen (secondary N) is 1. The normalized spacial score (nSPS) is 10.5. The molecule has 0 spiro atoms. The third kappa shape index (κ3) is 2.21. The zero-order valence-corrected chi connectivity index (χ0v) is 9.58. The summed E-state index contributed by atoms with van der Waals surface area (Å²) in [6.45, 7) is 3.78. The number of rotatable bonds is 2. The van der Waals surface area contributed by atoms with E-state index in [1.807, 2.05) is 37.7 Å². The first-order valence-electron chi connectivity index (χ1n) is 5.09. The first-order chi connectivity index (χ1) is 7.54. The van der Waals surface area contributed by atoms with Crippen LogP contribution in [0.25, 0.3) is 0 Å². The molecule has 0 bridgehead atoms. The van der Waals surface area contributed by atoms with Gasteiger partial charge in [0.1, 0.15) is 5.82 Å². The van der Waals surface area contributed by atoms with Crippen molar-refractivity contribution < 1.29 is 4.39 Å². The van der Waals surface area contributed by atoms with E-state index in [1.54, 1.807) is 0 Å². The van der Waals surface area contributed by atoms with Crippen LogP contribution < -0.4 is 5.32 Å². The Kier molecular flexibility index (Phi) is 2.64. The number of aromatic nitrogens is 2. The average molecular weight is 219 g/mol. The number of halogens is 1. The van der Waals surface area contributed by atoms with Crippen molar-refractivity contribution in [2.75, 3.05) is 5.32 Å². The summed E-state index contributed by atoms with van der Waals surface area (Å²) in [5.41, 5.74) is 2.53. The molecule has 0 unspecified atom stereocenters. The summed E-state index contributed by atoms with van der Waals surface area (Å²) in [5, 5.41) is 3.09. The molecule has 1 N–H and O–H groups in total. The van der Waals surface area contributed by atoms with Crippen LogP contribution in [0.4, 0.5) is 16.0 Å². The van der Waals surface area contributed by atoms with Crippen LogP contribution >= 0.6 is 0 Å². The quantitative estimate of drug-likeness (QED) is 0.841. The molecule has 3 nitrogen and oxygen atoms in total. The minimum absolute atomic E-state index is 0.242. The van der Waals surface area contributed by atoms with Gasteiger partial charge < -0.3 is 9.88 Å². The third-order valence-electron chi connectivity index (χ3n) is 2.30. The lowest BCUT2D eigenvalue weighted by Gasteiger charge is -2.06. The zero-order valence-electron chi connectivity index (χ0n) is 9.58. The Morgan fingerprint density at radius 3 is 2.56 bits per heavy atom. The van der Waals surface area contributed by atoms with Crippen LogP contribution in [0.2, 0.25) is 0 Å². The molecule has 16 heavy (non-hydrogen) atoms.